The Labute approximate surface area is 130 Å². The van der Waals surface area contributed by atoms with Gasteiger partial charge in [0.05, 0.1) is 38.3 Å². The highest BCUT2D eigenvalue weighted by molar-refractivity contribution is 7.77. The molecule has 1 aromatic carbocycles. The number of hydrogen-bond acceptors (Lipinski definition) is 4. The van der Waals surface area contributed by atoms with E-state index in [4.69, 9.17) is 14.2 Å². The number of nitrogens with zero attached hydrogens (tertiary/aromatic N) is 1. The Morgan fingerprint density at radius 2 is 1.76 bits per heavy atom. The summed E-state index contributed by atoms with van der Waals surface area (Å²) in [4.78, 5) is 2.36. The maximum Gasteiger partial charge on any atom is 0.119 e. The first kappa shape index (κ1) is 15.0. The van der Waals surface area contributed by atoms with E-state index < -0.39 is 0 Å². The van der Waals surface area contributed by atoms with Crippen molar-refractivity contribution in [2.45, 2.75) is 18.6 Å². The van der Waals surface area contributed by atoms with E-state index in [9.17, 15) is 0 Å². The fourth-order valence-corrected chi connectivity index (χ4v) is 2.74. The van der Waals surface area contributed by atoms with E-state index in [1.807, 2.05) is 0 Å². The van der Waals surface area contributed by atoms with Gasteiger partial charge in [0.25, 0.3) is 0 Å². The van der Waals surface area contributed by atoms with E-state index >= 15 is 0 Å². The summed E-state index contributed by atoms with van der Waals surface area (Å²) < 4.78 is 16.5. The SMILES string of the molecule is C[SH+]CCCOc1ccc(N(CC2CO2)CC2CO2)cc1. The summed E-state index contributed by atoms with van der Waals surface area (Å²) in [7, 11) is 0. The molecule has 0 N–H and O–H groups in total. The minimum atomic E-state index is 0.396. The maximum atomic E-state index is 5.76. The lowest BCUT2D eigenvalue weighted by molar-refractivity contribution is 0.318. The molecule has 4 nitrogen and oxygen atoms in total. The second kappa shape index (κ2) is 7.38. The number of anilines is 1. The van der Waals surface area contributed by atoms with Crippen molar-refractivity contribution in [1.82, 2.24) is 0 Å². The lowest BCUT2D eigenvalue weighted by Crippen LogP contribution is -2.31. The van der Waals surface area contributed by atoms with E-state index in [0.717, 1.165) is 45.1 Å². The molecule has 2 aliphatic heterocycles. The first-order valence-corrected chi connectivity index (χ1v) is 9.14. The molecular formula is C16H24NO3S+. The molecule has 2 aliphatic rings. The number of rotatable bonds is 10. The Hall–Kier alpha value is -0.910. The van der Waals surface area contributed by atoms with Crippen LogP contribution < -0.4 is 9.64 Å². The Kier molecular flexibility index (Phi) is 5.27. The third kappa shape index (κ3) is 5.09. The number of epoxide rings is 2. The highest BCUT2D eigenvalue weighted by atomic mass is 32.2. The van der Waals surface area contributed by atoms with Crippen molar-refractivity contribution in [1.29, 1.82) is 0 Å². The van der Waals surface area contributed by atoms with E-state index in [0.29, 0.717) is 12.2 Å². The predicted molar refractivity (Wildman–Crippen MR) is 87.8 cm³/mol. The van der Waals surface area contributed by atoms with Crippen LogP contribution in [0.4, 0.5) is 5.69 Å². The predicted octanol–water partition coefficient (Wildman–Crippen LogP) is 1.50. The standard InChI is InChI=1S/C16H23NO3S/c1-21-8-2-7-18-14-5-3-13(4-6-14)17(9-15-11-19-15)10-16-12-20-16/h3-6,15-16H,2,7-12H2,1H3/p+1. The molecule has 0 bridgehead atoms. The maximum absolute atomic E-state index is 5.76. The van der Waals surface area contributed by atoms with Crippen LogP contribution in [0.5, 0.6) is 5.75 Å². The summed E-state index contributed by atoms with van der Waals surface area (Å²) >= 11 is 1.44. The van der Waals surface area contributed by atoms with Gasteiger partial charge >= 0.3 is 0 Å². The van der Waals surface area contributed by atoms with Crippen LogP contribution in [-0.4, -0.2) is 57.1 Å². The Morgan fingerprint density at radius 3 is 2.29 bits per heavy atom. The van der Waals surface area contributed by atoms with Gasteiger partial charge in [-0.1, -0.05) is 0 Å². The largest absolute Gasteiger partial charge is 0.493 e. The third-order valence-corrected chi connectivity index (χ3v) is 4.41. The summed E-state index contributed by atoms with van der Waals surface area (Å²) in [6.45, 7) is 4.49. The average molecular weight is 310 g/mol. The van der Waals surface area contributed by atoms with E-state index in [1.54, 1.807) is 0 Å². The highest BCUT2D eigenvalue weighted by Gasteiger charge is 2.30. The molecule has 2 fully saturated rings. The number of thiol groups is 1. The molecule has 0 radical (unpaired) electrons. The van der Waals surface area contributed by atoms with Gasteiger partial charge in [-0.25, -0.2) is 0 Å². The molecule has 21 heavy (non-hydrogen) atoms. The molecule has 0 saturated carbocycles. The first-order valence-electron chi connectivity index (χ1n) is 7.62. The Balaban J connectivity index is 1.52. The smallest absolute Gasteiger partial charge is 0.119 e. The van der Waals surface area contributed by atoms with E-state index in [1.165, 1.54) is 23.2 Å². The zero-order chi connectivity index (χ0) is 14.5. The van der Waals surface area contributed by atoms with Gasteiger partial charge in [-0.3, -0.25) is 0 Å². The van der Waals surface area contributed by atoms with E-state index in [-0.39, 0.29) is 0 Å². The van der Waals surface area contributed by atoms with Crippen LogP contribution in [-0.2, 0) is 21.2 Å². The van der Waals surface area contributed by atoms with Crippen LogP contribution >= 0.6 is 0 Å². The van der Waals surface area contributed by atoms with Crippen molar-refractivity contribution in [3.05, 3.63) is 24.3 Å². The lowest BCUT2D eigenvalue weighted by atomic mass is 10.2. The zero-order valence-corrected chi connectivity index (χ0v) is 13.4. The fraction of sp³-hybridized carbons (Fsp3) is 0.625. The Morgan fingerprint density at radius 1 is 1.14 bits per heavy atom. The van der Waals surface area contributed by atoms with Gasteiger partial charge in [-0.2, -0.15) is 0 Å². The van der Waals surface area contributed by atoms with Crippen LogP contribution in [0.15, 0.2) is 24.3 Å². The second-order valence-electron chi connectivity index (χ2n) is 5.55. The number of hydrogen-bond donors (Lipinski definition) is 0. The topological polar surface area (TPSA) is 37.5 Å². The molecule has 2 unspecified atom stereocenters. The Bertz CT molecular complexity index is 418. The average Bonchev–Trinajstić information content (AvgIpc) is 3.39. The van der Waals surface area contributed by atoms with E-state index in [2.05, 4.69) is 35.4 Å². The van der Waals surface area contributed by atoms with Crippen molar-refractivity contribution in [2.75, 3.05) is 49.8 Å². The van der Waals surface area contributed by atoms with Gasteiger partial charge in [-0.05, 0) is 36.0 Å². The molecule has 0 aromatic heterocycles. The molecule has 2 atom stereocenters. The molecule has 0 aliphatic carbocycles. The lowest BCUT2D eigenvalue weighted by Gasteiger charge is -2.23. The van der Waals surface area contributed by atoms with Crippen LogP contribution in [0.2, 0.25) is 0 Å². The quantitative estimate of drug-likeness (QED) is 0.284. The highest BCUT2D eigenvalue weighted by Crippen LogP contribution is 2.24. The normalized spacial score (nSPS) is 22.9. The summed E-state index contributed by atoms with van der Waals surface area (Å²) in [6.07, 6.45) is 4.08. The van der Waals surface area contributed by atoms with Gasteiger partial charge in [0.15, 0.2) is 0 Å². The molecule has 2 saturated heterocycles. The van der Waals surface area contributed by atoms with Crippen LogP contribution in [0, 0.1) is 0 Å². The van der Waals surface area contributed by atoms with Crippen molar-refractivity contribution >= 4 is 17.4 Å². The zero-order valence-electron chi connectivity index (χ0n) is 12.5. The molecule has 2 heterocycles. The molecule has 3 rings (SSSR count). The number of ether oxygens (including phenoxy) is 3. The minimum absolute atomic E-state index is 0.396. The number of benzene rings is 1. The molecule has 5 heteroatoms. The van der Waals surface area contributed by atoms with Crippen molar-refractivity contribution in [3.63, 3.8) is 0 Å². The van der Waals surface area contributed by atoms with Gasteiger partial charge < -0.3 is 19.1 Å². The minimum Gasteiger partial charge on any atom is -0.493 e. The van der Waals surface area contributed by atoms with Crippen LogP contribution in [0.1, 0.15) is 6.42 Å². The second-order valence-corrected chi connectivity index (χ2v) is 6.63. The third-order valence-electron chi connectivity index (χ3n) is 3.65. The van der Waals surface area contributed by atoms with Crippen LogP contribution in [0.3, 0.4) is 0 Å². The van der Waals surface area contributed by atoms with Crippen molar-refractivity contribution < 1.29 is 14.2 Å². The first-order chi connectivity index (χ1) is 10.3. The summed E-state index contributed by atoms with van der Waals surface area (Å²) in [5, 5.41) is 0. The van der Waals surface area contributed by atoms with Crippen molar-refractivity contribution in [2.24, 2.45) is 0 Å². The molecule has 0 spiro atoms. The fourth-order valence-electron chi connectivity index (χ4n) is 2.29. The molecular weight excluding hydrogens is 286 g/mol. The summed E-state index contributed by atoms with van der Waals surface area (Å²) in [5.41, 5.74) is 1.22. The van der Waals surface area contributed by atoms with Crippen LogP contribution in [0.25, 0.3) is 0 Å². The van der Waals surface area contributed by atoms with Gasteiger partial charge in [-0.15, -0.1) is 0 Å². The summed E-state index contributed by atoms with van der Waals surface area (Å²) in [6, 6.07) is 8.40. The van der Waals surface area contributed by atoms with Crippen molar-refractivity contribution in [3.8, 4) is 5.75 Å². The summed E-state index contributed by atoms with van der Waals surface area (Å²) in [5.74, 6) is 2.16. The molecule has 1 aromatic rings. The van der Waals surface area contributed by atoms with Gasteiger partial charge in [0.1, 0.15) is 11.5 Å². The molecule has 0 amide bonds. The monoisotopic (exact) mass is 310 g/mol. The van der Waals surface area contributed by atoms with Gasteiger partial charge in [0, 0.05) is 25.2 Å². The van der Waals surface area contributed by atoms with Gasteiger partial charge in [0.2, 0.25) is 0 Å². The molecule has 116 valence electrons.